The summed E-state index contributed by atoms with van der Waals surface area (Å²) in [7, 11) is 0. The molecule has 0 fully saturated rings. The minimum atomic E-state index is -0.353. The molecule has 2 aromatic carbocycles. The number of nitrogens with zero attached hydrogens (tertiary/aromatic N) is 1. The number of ether oxygens (including phenoxy) is 1. The Balaban J connectivity index is 1.94. The SMILES string of the molecule is Cc1ccc(C)c(OCC(=O)N/N=C\c2cc(Br)c(O)c(Br)c2)c1C. The largest absolute Gasteiger partial charge is 0.506 e. The van der Waals surface area contributed by atoms with Gasteiger partial charge in [-0.05, 0) is 87.0 Å². The van der Waals surface area contributed by atoms with Gasteiger partial charge in [-0.3, -0.25) is 4.79 Å². The monoisotopic (exact) mass is 468 g/mol. The van der Waals surface area contributed by atoms with E-state index in [1.54, 1.807) is 12.1 Å². The van der Waals surface area contributed by atoms with E-state index in [0.29, 0.717) is 14.5 Å². The number of hydrazone groups is 1. The van der Waals surface area contributed by atoms with E-state index >= 15 is 0 Å². The van der Waals surface area contributed by atoms with Crippen molar-refractivity contribution in [2.75, 3.05) is 6.61 Å². The summed E-state index contributed by atoms with van der Waals surface area (Å²) in [4.78, 5) is 11.9. The Hall–Kier alpha value is -1.86. The van der Waals surface area contributed by atoms with E-state index < -0.39 is 0 Å². The molecule has 1 amide bonds. The van der Waals surface area contributed by atoms with Crippen LogP contribution in [0.15, 0.2) is 38.3 Å². The molecule has 0 aliphatic rings. The molecule has 0 aliphatic carbocycles. The van der Waals surface area contributed by atoms with Crippen molar-refractivity contribution in [2.45, 2.75) is 20.8 Å². The molecule has 0 aromatic heterocycles. The quantitative estimate of drug-likeness (QED) is 0.504. The predicted octanol–water partition coefficient (Wildman–Crippen LogP) is 4.37. The van der Waals surface area contributed by atoms with Crippen LogP contribution in [0.1, 0.15) is 22.3 Å². The second kappa shape index (κ2) is 8.49. The molecular formula is C18H18Br2N2O3. The second-order valence-corrected chi connectivity index (χ2v) is 7.28. The van der Waals surface area contributed by atoms with Gasteiger partial charge in [-0.25, -0.2) is 5.43 Å². The molecule has 0 aliphatic heterocycles. The molecule has 0 radical (unpaired) electrons. The van der Waals surface area contributed by atoms with Crippen molar-refractivity contribution in [1.82, 2.24) is 5.43 Å². The van der Waals surface area contributed by atoms with Gasteiger partial charge in [0.25, 0.3) is 5.91 Å². The van der Waals surface area contributed by atoms with E-state index in [2.05, 4.69) is 42.4 Å². The summed E-state index contributed by atoms with van der Waals surface area (Å²) >= 11 is 6.48. The van der Waals surface area contributed by atoms with Crippen LogP contribution in [-0.2, 0) is 4.79 Å². The van der Waals surface area contributed by atoms with E-state index in [4.69, 9.17) is 4.74 Å². The van der Waals surface area contributed by atoms with Crippen LogP contribution in [0.25, 0.3) is 0 Å². The fourth-order valence-electron chi connectivity index (χ4n) is 2.16. The lowest BCUT2D eigenvalue weighted by molar-refractivity contribution is -0.123. The molecule has 5 nitrogen and oxygen atoms in total. The second-order valence-electron chi connectivity index (χ2n) is 5.57. The van der Waals surface area contributed by atoms with Crippen molar-refractivity contribution in [1.29, 1.82) is 0 Å². The predicted molar refractivity (Wildman–Crippen MR) is 105 cm³/mol. The summed E-state index contributed by atoms with van der Waals surface area (Å²) in [5, 5.41) is 13.6. The number of hydrogen-bond donors (Lipinski definition) is 2. The first-order valence-corrected chi connectivity index (χ1v) is 9.07. The summed E-state index contributed by atoms with van der Waals surface area (Å²) in [6, 6.07) is 7.36. The van der Waals surface area contributed by atoms with Crippen LogP contribution in [0.4, 0.5) is 0 Å². The number of aryl methyl sites for hydroxylation is 2. The van der Waals surface area contributed by atoms with Crippen molar-refractivity contribution in [3.05, 3.63) is 55.5 Å². The number of nitrogens with one attached hydrogen (secondary N) is 1. The molecule has 0 spiro atoms. The topological polar surface area (TPSA) is 70.9 Å². The third-order valence-corrected chi connectivity index (χ3v) is 4.87. The molecule has 0 heterocycles. The minimum absolute atomic E-state index is 0.110. The Morgan fingerprint density at radius 2 is 1.80 bits per heavy atom. The number of halogens is 2. The van der Waals surface area contributed by atoms with Crippen LogP contribution in [0.5, 0.6) is 11.5 Å². The summed E-state index contributed by atoms with van der Waals surface area (Å²) < 4.78 is 6.69. The van der Waals surface area contributed by atoms with Gasteiger partial charge in [0.05, 0.1) is 15.2 Å². The molecule has 2 aromatic rings. The summed E-state index contributed by atoms with van der Waals surface area (Å²) in [5.41, 5.74) is 6.25. The molecule has 2 N–H and O–H groups in total. The zero-order chi connectivity index (χ0) is 18.6. The molecule has 132 valence electrons. The fourth-order valence-corrected chi connectivity index (χ4v) is 3.38. The molecule has 0 atom stereocenters. The molecular weight excluding hydrogens is 452 g/mol. The third kappa shape index (κ3) is 5.06. The molecule has 7 heteroatoms. The lowest BCUT2D eigenvalue weighted by Gasteiger charge is -2.13. The normalized spacial score (nSPS) is 10.9. The summed E-state index contributed by atoms with van der Waals surface area (Å²) in [6.45, 7) is 5.79. The summed E-state index contributed by atoms with van der Waals surface area (Å²) in [6.07, 6.45) is 1.48. The number of amides is 1. The Kier molecular flexibility index (Phi) is 6.61. The first kappa shape index (κ1) is 19.5. The van der Waals surface area contributed by atoms with Crippen molar-refractivity contribution >= 4 is 44.0 Å². The van der Waals surface area contributed by atoms with Crippen molar-refractivity contribution in [3.63, 3.8) is 0 Å². The highest BCUT2D eigenvalue weighted by Gasteiger charge is 2.09. The molecule has 25 heavy (non-hydrogen) atoms. The highest BCUT2D eigenvalue weighted by molar-refractivity contribution is 9.11. The molecule has 0 saturated carbocycles. The lowest BCUT2D eigenvalue weighted by atomic mass is 10.1. The Morgan fingerprint density at radius 1 is 1.20 bits per heavy atom. The highest BCUT2D eigenvalue weighted by atomic mass is 79.9. The number of aromatic hydroxyl groups is 1. The smallest absolute Gasteiger partial charge is 0.277 e. The van der Waals surface area contributed by atoms with Crippen LogP contribution in [0.2, 0.25) is 0 Å². The zero-order valence-electron chi connectivity index (χ0n) is 14.1. The highest BCUT2D eigenvalue weighted by Crippen LogP contribution is 2.32. The number of rotatable bonds is 5. The molecule has 0 unspecified atom stereocenters. The van der Waals surface area contributed by atoms with E-state index in [1.807, 2.05) is 32.9 Å². The van der Waals surface area contributed by atoms with Gasteiger partial charge < -0.3 is 9.84 Å². The van der Waals surface area contributed by atoms with Crippen LogP contribution >= 0.6 is 31.9 Å². The van der Waals surface area contributed by atoms with E-state index in [9.17, 15) is 9.90 Å². The van der Waals surface area contributed by atoms with Gasteiger partial charge in [-0.2, -0.15) is 5.10 Å². The van der Waals surface area contributed by atoms with E-state index in [0.717, 1.165) is 22.4 Å². The third-order valence-electron chi connectivity index (χ3n) is 3.66. The van der Waals surface area contributed by atoms with Crippen LogP contribution < -0.4 is 10.2 Å². The van der Waals surface area contributed by atoms with Gasteiger partial charge >= 0.3 is 0 Å². The van der Waals surface area contributed by atoms with Crippen molar-refractivity contribution in [3.8, 4) is 11.5 Å². The average Bonchev–Trinajstić information content (AvgIpc) is 2.56. The number of phenolic OH excluding ortho intramolecular Hbond substituents is 1. The van der Waals surface area contributed by atoms with Gasteiger partial charge in [-0.1, -0.05) is 12.1 Å². The number of hydrogen-bond acceptors (Lipinski definition) is 4. The fraction of sp³-hybridized carbons (Fsp3) is 0.222. The standard InChI is InChI=1S/C18H18Br2N2O3/c1-10-4-5-11(2)18(12(10)3)25-9-16(23)22-21-8-13-6-14(19)17(24)15(20)7-13/h4-8,24H,9H2,1-3H3,(H,22,23)/b21-8-. The van der Waals surface area contributed by atoms with Crippen LogP contribution in [0, 0.1) is 20.8 Å². The van der Waals surface area contributed by atoms with E-state index in [-0.39, 0.29) is 18.3 Å². The van der Waals surface area contributed by atoms with Gasteiger partial charge in [0, 0.05) is 0 Å². The number of phenols is 1. The first-order chi connectivity index (χ1) is 11.8. The molecule has 0 saturated heterocycles. The van der Waals surface area contributed by atoms with Crippen molar-refractivity contribution in [2.24, 2.45) is 5.10 Å². The minimum Gasteiger partial charge on any atom is -0.506 e. The summed E-state index contributed by atoms with van der Waals surface area (Å²) in [5.74, 6) is 0.484. The van der Waals surface area contributed by atoms with E-state index in [1.165, 1.54) is 6.21 Å². The maximum Gasteiger partial charge on any atom is 0.277 e. The molecule has 2 rings (SSSR count). The van der Waals surface area contributed by atoms with Crippen molar-refractivity contribution < 1.29 is 14.6 Å². The van der Waals surface area contributed by atoms with Gasteiger partial charge in [-0.15, -0.1) is 0 Å². The maximum absolute atomic E-state index is 11.9. The van der Waals surface area contributed by atoms with Crippen LogP contribution in [0.3, 0.4) is 0 Å². The zero-order valence-corrected chi connectivity index (χ0v) is 17.2. The van der Waals surface area contributed by atoms with Gasteiger partial charge in [0.1, 0.15) is 11.5 Å². The lowest BCUT2D eigenvalue weighted by Crippen LogP contribution is -2.25. The maximum atomic E-state index is 11.9. The van der Waals surface area contributed by atoms with Crippen LogP contribution in [-0.4, -0.2) is 23.8 Å². The Labute approximate surface area is 163 Å². The molecule has 0 bridgehead atoms. The van der Waals surface area contributed by atoms with Gasteiger partial charge in [0.15, 0.2) is 6.61 Å². The Bertz CT molecular complexity index is 812. The van der Waals surface area contributed by atoms with Gasteiger partial charge in [0.2, 0.25) is 0 Å². The average molecular weight is 470 g/mol. The number of carbonyl (C=O) groups excluding carboxylic acids is 1. The Morgan fingerprint density at radius 3 is 2.44 bits per heavy atom. The first-order valence-electron chi connectivity index (χ1n) is 7.49. The number of benzene rings is 2. The number of carbonyl (C=O) groups is 1.